The third-order valence-corrected chi connectivity index (χ3v) is 6.29. The third-order valence-electron chi connectivity index (χ3n) is 6.29. The first-order valence-electron chi connectivity index (χ1n) is 11.0. The lowest BCUT2D eigenvalue weighted by molar-refractivity contribution is 0.478. The molecule has 0 radical (unpaired) electrons. The number of rotatable bonds is 4. The van der Waals surface area contributed by atoms with Gasteiger partial charge in [-0.05, 0) is 42.0 Å². The van der Waals surface area contributed by atoms with E-state index in [1.807, 2.05) is 73.7 Å². The number of benzene rings is 3. The number of hydrazone groups is 1. The first-order chi connectivity index (χ1) is 16.0. The van der Waals surface area contributed by atoms with Crippen LogP contribution in [0, 0.1) is 0 Å². The summed E-state index contributed by atoms with van der Waals surface area (Å²) in [7, 11) is 5.76. The van der Waals surface area contributed by atoms with Gasteiger partial charge in [0.2, 0.25) is 0 Å². The monoisotopic (exact) mass is 438 g/mol. The standard InChI is InChI=1S/C27H26N4O2/c1-29(2)19-15-13-18(14-16-19)24-17-22(28-31(24)20-9-5-4-6-10-20)25-26(32)21-11-7-8-12-23(21)30(3)27(25)33/h4-16,24,32H,17H2,1-3H3. The molecule has 0 amide bonds. The number of pyridine rings is 1. The van der Waals surface area contributed by atoms with Crippen molar-refractivity contribution in [3.05, 3.63) is 100 Å². The molecule has 6 nitrogen and oxygen atoms in total. The molecular weight excluding hydrogens is 412 g/mol. The Hall–Kier alpha value is -4.06. The second-order valence-electron chi connectivity index (χ2n) is 8.54. The fourth-order valence-corrected chi connectivity index (χ4v) is 4.47. The predicted molar refractivity (Wildman–Crippen MR) is 134 cm³/mol. The van der Waals surface area contributed by atoms with Crippen LogP contribution in [0.15, 0.2) is 88.8 Å². The summed E-state index contributed by atoms with van der Waals surface area (Å²) in [6.07, 6.45) is 0.511. The molecule has 1 unspecified atom stereocenters. The van der Waals surface area contributed by atoms with E-state index in [4.69, 9.17) is 5.10 Å². The molecule has 33 heavy (non-hydrogen) atoms. The van der Waals surface area contributed by atoms with Crippen molar-refractivity contribution in [2.75, 3.05) is 24.0 Å². The minimum Gasteiger partial charge on any atom is -0.506 e. The zero-order valence-electron chi connectivity index (χ0n) is 18.9. The number of para-hydroxylation sites is 2. The molecule has 0 fully saturated rings. The van der Waals surface area contributed by atoms with Crippen LogP contribution >= 0.6 is 0 Å². The Bertz CT molecular complexity index is 1410. The van der Waals surface area contributed by atoms with E-state index in [2.05, 4.69) is 29.2 Å². The summed E-state index contributed by atoms with van der Waals surface area (Å²) < 4.78 is 1.58. The molecular formula is C27H26N4O2. The summed E-state index contributed by atoms with van der Waals surface area (Å²) in [6, 6.07) is 25.6. The fraction of sp³-hybridized carbons (Fsp3) is 0.185. The predicted octanol–water partition coefficient (Wildman–Crippen LogP) is 4.67. The van der Waals surface area contributed by atoms with Gasteiger partial charge in [0, 0.05) is 38.6 Å². The number of aromatic hydroxyl groups is 1. The molecule has 6 heteroatoms. The van der Waals surface area contributed by atoms with Crippen molar-refractivity contribution in [1.82, 2.24) is 4.57 Å². The Balaban J connectivity index is 1.65. The van der Waals surface area contributed by atoms with Gasteiger partial charge in [-0.3, -0.25) is 9.80 Å². The second kappa shape index (κ2) is 8.13. The van der Waals surface area contributed by atoms with Crippen LogP contribution in [0.5, 0.6) is 5.75 Å². The number of nitrogens with zero attached hydrogens (tertiary/aromatic N) is 4. The molecule has 5 rings (SSSR count). The molecule has 1 aliphatic heterocycles. The number of aryl methyl sites for hydroxylation is 1. The molecule has 2 heterocycles. The smallest absolute Gasteiger partial charge is 0.263 e. The van der Waals surface area contributed by atoms with Crippen LogP contribution in [0.2, 0.25) is 0 Å². The van der Waals surface area contributed by atoms with Crippen molar-refractivity contribution in [3.8, 4) is 5.75 Å². The Kier molecular flexibility index (Phi) is 5.13. The number of fused-ring (bicyclic) bond motifs is 1. The van der Waals surface area contributed by atoms with Gasteiger partial charge in [0.25, 0.3) is 5.56 Å². The number of hydrogen-bond donors (Lipinski definition) is 1. The van der Waals surface area contributed by atoms with Gasteiger partial charge in [-0.2, -0.15) is 5.10 Å². The maximum atomic E-state index is 13.3. The van der Waals surface area contributed by atoms with Crippen molar-refractivity contribution in [2.45, 2.75) is 12.5 Å². The second-order valence-corrected chi connectivity index (χ2v) is 8.54. The van der Waals surface area contributed by atoms with Crippen LogP contribution in [0.3, 0.4) is 0 Å². The lowest BCUT2D eigenvalue weighted by atomic mass is 9.97. The van der Waals surface area contributed by atoms with Crippen molar-refractivity contribution in [2.24, 2.45) is 12.1 Å². The zero-order chi connectivity index (χ0) is 23.1. The van der Waals surface area contributed by atoms with Crippen LogP contribution in [-0.2, 0) is 7.05 Å². The minimum atomic E-state index is -0.249. The highest BCUT2D eigenvalue weighted by atomic mass is 16.3. The number of hydrogen-bond acceptors (Lipinski definition) is 5. The molecule has 3 aromatic carbocycles. The van der Waals surface area contributed by atoms with Gasteiger partial charge >= 0.3 is 0 Å². The zero-order valence-corrected chi connectivity index (χ0v) is 18.9. The molecule has 0 saturated heterocycles. The first kappa shape index (κ1) is 20.8. The first-order valence-corrected chi connectivity index (χ1v) is 11.0. The van der Waals surface area contributed by atoms with Gasteiger partial charge < -0.3 is 14.6 Å². The van der Waals surface area contributed by atoms with Gasteiger partial charge in [0.1, 0.15) is 11.3 Å². The molecule has 1 atom stereocenters. The molecule has 166 valence electrons. The average Bonchev–Trinajstić information content (AvgIpc) is 3.28. The van der Waals surface area contributed by atoms with Crippen molar-refractivity contribution < 1.29 is 5.11 Å². The summed E-state index contributed by atoms with van der Waals surface area (Å²) in [5, 5.41) is 18.6. The van der Waals surface area contributed by atoms with E-state index in [9.17, 15) is 9.90 Å². The molecule has 0 bridgehead atoms. The van der Waals surface area contributed by atoms with Crippen molar-refractivity contribution >= 4 is 28.0 Å². The largest absolute Gasteiger partial charge is 0.506 e. The third kappa shape index (κ3) is 3.53. The molecule has 1 N–H and O–H groups in total. The van der Waals surface area contributed by atoms with Crippen LogP contribution in [0.1, 0.15) is 23.6 Å². The van der Waals surface area contributed by atoms with E-state index >= 15 is 0 Å². The molecule has 1 aromatic heterocycles. The normalized spacial score (nSPS) is 15.7. The van der Waals surface area contributed by atoms with Crippen LogP contribution in [0.25, 0.3) is 10.9 Å². The summed E-state index contributed by atoms with van der Waals surface area (Å²) in [5.41, 5.74) is 4.45. The van der Waals surface area contributed by atoms with Gasteiger partial charge in [-0.1, -0.05) is 42.5 Å². The highest BCUT2D eigenvalue weighted by Crippen LogP contribution is 2.38. The maximum absolute atomic E-state index is 13.3. The quantitative estimate of drug-likeness (QED) is 0.503. The van der Waals surface area contributed by atoms with E-state index in [-0.39, 0.29) is 22.9 Å². The topological polar surface area (TPSA) is 61.1 Å². The lowest BCUT2D eigenvalue weighted by Crippen LogP contribution is -2.24. The van der Waals surface area contributed by atoms with E-state index in [0.717, 1.165) is 16.9 Å². The Labute approximate surface area is 192 Å². The van der Waals surface area contributed by atoms with Crippen LogP contribution < -0.4 is 15.5 Å². The highest BCUT2D eigenvalue weighted by molar-refractivity contribution is 6.08. The fourth-order valence-electron chi connectivity index (χ4n) is 4.47. The van der Waals surface area contributed by atoms with Crippen LogP contribution in [-0.4, -0.2) is 29.5 Å². The Morgan fingerprint density at radius 1 is 0.939 bits per heavy atom. The van der Waals surface area contributed by atoms with Gasteiger partial charge in [-0.15, -0.1) is 0 Å². The molecule has 0 spiro atoms. The highest BCUT2D eigenvalue weighted by Gasteiger charge is 2.33. The van der Waals surface area contributed by atoms with E-state index in [1.54, 1.807) is 11.6 Å². The number of anilines is 2. The molecule has 0 saturated carbocycles. The van der Waals surface area contributed by atoms with E-state index < -0.39 is 0 Å². The molecule has 0 aliphatic carbocycles. The van der Waals surface area contributed by atoms with E-state index in [0.29, 0.717) is 23.0 Å². The maximum Gasteiger partial charge on any atom is 0.263 e. The van der Waals surface area contributed by atoms with Gasteiger partial charge in [-0.25, -0.2) is 0 Å². The van der Waals surface area contributed by atoms with Crippen molar-refractivity contribution in [3.63, 3.8) is 0 Å². The Morgan fingerprint density at radius 3 is 2.30 bits per heavy atom. The SMILES string of the molecule is CN(C)c1ccc(C2CC(c3c(O)c4ccccc4n(C)c3=O)=NN2c2ccccc2)cc1. The minimum absolute atomic E-state index is 0.0101. The van der Waals surface area contributed by atoms with E-state index in [1.165, 1.54) is 0 Å². The van der Waals surface area contributed by atoms with Gasteiger partial charge in [0.15, 0.2) is 0 Å². The van der Waals surface area contributed by atoms with Crippen LogP contribution in [0.4, 0.5) is 11.4 Å². The van der Waals surface area contributed by atoms with Gasteiger partial charge in [0.05, 0.1) is 23.0 Å². The average molecular weight is 439 g/mol. The molecule has 1 aliphatic rings. The summed E-state index contributed by atoms with van der Waals surface area (Å²) >= 11 is 0. The van der Waals surface area contributed by atoms with Crippen molar-refractivity contribution in [1.29, 1.82) is 0 Å². The Morgan fingerprint density at radius 2 is 1.61 bits per heavy atom. The summed E-state index contributed by atoms with van der Waals surface area (Å²) in [6.45, 7) is 0. The summed E-state index contributed by atoms with van der Waals surface area (Å²) in [4.78, 5) is 15.4. The lowest BCUT2D eigenvalue weighted by Gasteiger charge is -2.24. The molecule has 4 aromatic rings. The summed E-state index contributed by atoms with van der Waals surface area (Å²) in [5.74, 6) is -0.0101. The number of aromatic nitrogens is 1.